The van der Waals surface area contributed by atoms with Crippen LogP contribution in [0.4, 0.5) is 0 Å². The van der Waals surface area contributed by atoms with Crippen LogP contribution in [0.25, 0.3) is 0 Å². The van der Waals surface area contributed by atoms with Gasteiger partial charge in [0.2, 0.25) is 0 Å². The fourth-order valence-corrected chi connectivity index (χ4v) is 0.791. The van der Waals surface area contributed by atoms with Crippen molar-refractivity contribution in [2.45, 2.75) is 52.2 Å². The smallest absolute Gasteiger partial charge is 0.189 e. The van der Waals surface area contributed by atoms with E-state index in [9.17, 15) is 5.11 Å². The Hall–Kier alpha value is -0.770. The van der Waals surface area contributed by atoms with E-state index < -0.39 is 5.60 Å². The molecule has 4 heteroatoms. The van der Waals surface area contributed by atoms with Crippen molar-refractivity contribution in [2.75, 3.05) is 6.54 Å². The first kappa shape index (κ1) is 13.2. The molecule has 0 aromatic heterocycles. The molecule has 14 heavy (non-hydrogen) atoms. The Morgan fingerprint density at radius 2 is 1.86 bits per heavy atom. The summed E-state index contributed by atoms with van der Waals surface area (Å²) in [5.74, 6) is 0.381. The van der Waals surface area contributed by atoms with Crippen molar-refractivity contribution >= 4 is 5.96 Å². The molecule has 0 aliphatic heterocycles. The molecule has 0 heterocycles. The van der Waals surface area contributed by atoms with Gasteiger partial charge in [0.1, 0.15) is 0 Å². The second kappa shape index (κ2) is 4.64. The fraction of sp³-hybridized carbons (Fsp3) is 0.900. The van der Waals surface area contributed by atoms with Gasteiger partial charge >= 0.3 is 0 Å². The molecular formula is C10H23N3O. The minimum atomic E-state index is -0.760. The number of nitrogens with zero attached hydrogens (tertiary/aromatic N) is 1. The Morgan fingerprint density at radius 3 is 2.21 bits per heavy atom. The Morgan fingerprint density at radius 1 is 1.36 bits per heavy atom. The van der Waals surface area contributed by atoms with Crippen LogP contribution in [0, 0.1) is 0 Å². The van der Waals surface area contributed by atoms with Gasteiger partial charge in [-0.1, -0.05) is 6.92 Å². The molecule has 4 nitrogen and oxygen atoms in total. The number of rotatable bonds is 3. The van der Waals surface area contributed by atoms with E-state index in [4.69, 9.17) is 5.73 Å². The summed E-state index contributed by atoms with van der Waals surface area (Å²) < 4.78 is 0. The molecule has 0 spiro atoms. The molecule has 0 bridgehead atoms. The molecule has 84 valence electrons. The lowest BCUT2D eigenvalue weighted by Crippen LogP contribution is -2.45. The maximum absolute atomic E-state index is 9.68. The lowest BCUT2D eigenvalue weighted by molar-refractivity contribution is 0.0656. The molecule has 1 atom stereocenters. The van der Waals surface area contributed by atoms with E-state index in [1.165, 1.54) is 0 Å². The summed E-state index contributed by atoms with van der Waals surface area (Å²) >= 11 is 0. The van der Waals surface area contributed by atoms with Gasteiger partial charge in [0.15, 0.2) is 5.96 Å². The van der Waals surface area contributed by atoms with Crippen LogP contribution in [0.5, 0.6) is 0 Å². The minimum absolute atomic E-state index is 0.0916. The van der Waals surface area contributed by atoms with Gasteiger partial charge in [-0.15, -0.1) is 0 Å². The van der Waals surface area contributed by atoms with Gasteiger partial charge < -0.3 is 16.2 Å². The van der Waals surface area contributed by atoms with Crippen molar-refractivity contribution in [3.05, 3.63) is 0 Å². The van der Waals surface area contributed by atoms with Crippen LogP contribution in [0.3, 0.4) is 0 Å². The zero-order valence-corrected chi connectivity index (χ0v) is 9.89. The largest absolute Gasteiger partial charge is 0.388 e. The van der Waals surface area contributed by atoms with E-state index in [1.54, 1.807) is 6.92 Å². The highest BCUT2D eigenvalue weighted by molar-refractivity contribution is 5.78. The van der Waals surface area contributed by atoms with E-state index in [0.717, 1.165) is 0 Å². The van der Waals surface area contributed by atoms with E-state index in [1.807, 2.05) is 27.7 Å². The van der Waals surface area contributed by atoms with E-state index in [2.05, 4.69) is 10.3 Å². The van der Waals surface area contributed by atoms with Crippen molar-refractivity contribution < 1.29 is 5.11 Å². The fourth-order valence-electron chi connectivity index (χ4n) is 0.791. The van der Waals surface area contributed by atoms with Crippen molar-refractivity contribution in [2.24, 2.45) is 10.7 Å². The van der Waals surface area contributed by atoms with Crippen molar-refractivity contribution in [3.63, 3.8) is 0 Å². The average Bonchev–Trinajstić information content (AvgIpc) is 1.98. The number of aliphatic imine (C=N–C) groups is 1. The molecule has 0 fully saturated rings. The summed E-state index contributed by atoms with van der Waals surface area (Å²) in [6.45, 7) is 10.0. The number of guanidine groups is 1. The Kier molecular flexibility index (Phi) is 4.39. The Bertz CT molecular complexity index is 204. The SMILES string of the molecule is CCC(C)(O)CN=C(N)NC(C)(C)C. The van der Waals surface area contributed by atoms with Crippen LogP contribution in [-0.4, -0.2) is 28.8 Å². The summed E-state index contributed by atoms with van der Waals surface area (Å²) in [5.41, 5.74) is 4.80. The molecule has 0 rings (SSSR count). The van der Waals surface area contributed by atoms with Crippen LogP contribution in [-0.2, 0) is 0 Å². The maximum Gasteiger partial charge on any atom is 0.189 e. The first-order chi connectivity index (χ1) is 6.16. The molecule has 0 radical (unpaired) electrons. The molecule has 0 aliphatic rings. The Labute approximate surface area is 86.6 Å². The summed E-state index contributed by atoms with van der Waals surface area (Å²) in [6, 6.07) is 0. The monoisotopic (exact) mass is 201 g/mol. The average molecular weight is 201 g/mol. The zero-order valence-electron chi connectivity index (χ0n) is 9.89. The van der Waals surface area contributed by atoms with Gasteiger partial charge in [-0.2, -0.15) is 0 Å². The minimum Gasteiger partial charge on any atom is -0.388 e. The first-order valence-corrected chi connectivity index (χ1v) is 4.97. The Balaban J connectivity index is 4.14. The zero-order chi connectivity index (χ0) is 11.4. The lowest BCUT2D eigenvalue weighted by Gasteiger charge is -2.23. The van der Waals surface area contributed by atoms with Gasteiger partial charge in [0.25, 0.3) is 0 Å². The summed E-state index contributed by atoms with van der Waals surface area (Å²) in [7, 11) is 0. The lowest BCUT2D eigenvalue weighted by atomic mass is 10.0. The quantitative estimate of drug-likeness (QED) is 0.468. The van der Waals surface area contributed by atoms with E-state index >= 15 is 0 Å². The van der Waals surface area contributed by atoms with Crippen molar-refractivity contribution in [1.82, 2.24) is 5.32 Å². The first-order valence-electron chi connectivity index (χ1n) is 4.97. The van der Waals surface area contributed by atoms with Gasteiger partial charge in [-0.05, 0) is 34.1 Å². The maximum atomic E-state index is 9.68. The summed E-state index contributed by atoms with van der Waals surface area (Å²) in [6.07, 6.45) is 0.666. The van der Waals surface area contributed by atoms with Crippen molar-refractivity contribution in [3.8, 4) is 0 Å². The second-order valence-electron chi connectivity index (χ2n) is 4.93. The summed E-state index contributed by atoms with van der Waals surface area (Å²) in [4.78, 5) is 4.09. The molecule has 0 amide bonds. The molecule has 0 saturated carbocycles. The highest BCUT2D eigenvalue weighted by Gasteiger charge is 2.17. The molecule has 0 aromatic rings. The van der Waals surface area contributed by atoms with Gasteiger partial charge in [0, 0.05) is 5.54 Å². The van der Waals surface area contributed by atoms with Gasteiger partial charge in [0.05, 0.1) is 12.1 Å². The third-order valence-electron chi connectivity index (χ3n) is 1.85. The second-order valence-corrected chi connectivity index (χ2v) is 4.93. The normalized spacial score (nSPS) is 17.7. The topological polar surface area (TPSA) is 70.6 Å². The standard InChI is InChI=1S/C10H23N3O/c1-6-10(5,14)7-12-8(11)13-9(2,3)4/h14H,6-7H2,1-5H3,(H3,11,12,13). The molecule has 4 N–H and O–H groups in total. The third-order valence-corrected chi connectivity index (χ3v) is 1.85. The van der Waals surface area contributed by atoms with Crippen LogP contribution in [0.2, 0.25) is 0 Å². The van der Waals surface area contributed by atoms with Crippen molar-refractivity contribution in [1.29, 1.82) is 0 Å². The number of nitrogens with one attached hydrogen (secondary N) is 1. The molecule has 0 aromatic carbocycles. The molecule has 1 unspecified atom stereocenters. The van der Waals surface area contributed by atoms with Crippen LogP contribution in [0.15, 0.2) is 4.99 Å². The number of aliphatic hydroxyl groups is 1. The predicted molar refractivity (Wildman–Crippen MR) is 60.3 cm³/mol. The highest BCUT2D eigenvalue weighted by Crippen LogP contribution is 2.08. The third kappa shape index (κ3) is 6.71. The molecule has 0 aliphatic carbocycles. The summed E-state index contributed by atoms with van der Waals surface area (Å²) in [5, 5.41) is 12.7. The number of hydrogen-bond donors (Lipinski definition) is 3. The van der Waals surface area contributed by atoms with Gasteiger partial charge in [-0.25, -0.2) is 0 Å². The van der Waals surface area contributed by atoms with Crippen LogP contribution in [0.1, 0.15) is 41.0 Å². The molecular weight excluding hydrogens is 178 g/mol. The highest BCUT2D eigenvalue weighted by atomic mass is 16.3. The van der Waals surface area contributed by atoms with E-state index in [-0.39, 0.29) is 5.54 Å². The van der Waals surface area contributed by atoms with Gasteiger partial charge in [-0.3, -0.25) is 4.99 Å². The van der Waals surface area contributed by atoms with Crippen LogP contribution >= 0.6 is 0 Å². The van der Waals surface area contributed by atoms with Crippen LogP contribution < -0.4 is 11.1 Å². The van der Waals surface area contributed by atoms with E-state index in [0.29, 0.717) is 18.9 Å². The molecule has 0 saturated heterocycles. The predicted octanol–water partition coefficient (Wildman–Crippen LogP) is 0.850. The number of nitrogens with two attached hydrogens (primary N) is 1. The number of hydrogen-bond acceptors (Lipinski definition) is 2.